The highest BCUT2D eigenvalue weighted by molar-refractivity contribution is 6.31. The number of benzene rings is 2. The van der Waals surface area contributed by atoms with Gasteiger partial charge in [-0.15, -0.1) is 0 Å². The summed E-state index contributed by atoms with van der Waals surface area (Å²) in [5.74, 6) is -0.683. The van der Waals surface area contributed by atoms with E-state index in [4.69, 9.17) is 11.6 Å². The second-order valence-electron chi connectivity index (χ2n) is 8.78. The van der Waals surface area contributed by atoms with Crippen molar-refractivity contribution in [3.8, 4) is 11.3 Å². The first-order valence-corrected chi connectivity index (χ1v) is 12.1. The molecular weight excluding hydrogens is 517 g/mol. The van der Waals surface area contributed by atoms with Crippen molar-refractivity contribution in [3.63, 3.8) is 0 Å². The van der Waals surface area contributed by atoms with E-state index in [1.54, 1.807) is 50.2 Å². The Balaban J connectivity index is 1.42. The lowest BCUT2D eigenvalue weighted by Crippen LogP contribution is -2.20. The van der Waals surface area contributed by atoms with Gasteiger partial charge in [-0.3, -0.25) is 9.48 Å². The molecule has 11 heteroatoms. The van der Waals surface area contributed by atoms with Crippen LogP contribution in [-0.4, -0.2) is 30.5 Å². The first-order chi connectivity index (χ1) is 18.2. The minimum atomic E-state index is -2.75. The number of nitrogens with one attached hydrogen (secondary N) is 1. The SMILES string of the molecule is Cc1nn(CC(=O)Nc2cc(C)n(Cc3c(F)cccc3Cl)n2)c2nc(-c3ccccc3)cc(C(F)F)c12. The number of halogens is 4. The Hall–Kier alpha value is -4.18. The van der Waals surface area contributed by atoms with E-state index in [2.05, 4.69) is 20.5 Å². The Morgan fingerprint density at radius 2 is 1.79 bits per heavy atom. The molecule has 1 N–H and O–H groups in total. The van der Waals surface area contributed by atoms with E-state index in [0.717, 1.165) is 0 Å². The van der Waals surface area contributed by atoms with Crippen molar-refractivity contribution in [2.75, 3.05) is 5.32 Å². The van der Waals surface area contributed by atoms with E-state index in [9.17, 15) is 18.0 Å². The molecule has 7 nitrogen and oxygen atoms in total. The Bertz CT molecular complexity index is 1630. The minimum Gasteiger partial charge on any atom is -0.308 e. The highest BCUT2D eigenvalue weighted by Crippen LogP contribution is 2.33. The maximum Gasteiger partial charge on any atom is 0.264 e. The molecule has 0 saturated carbocycles. The second-order valence-corrected chi connectivity index (χ2v) is 9.19. The summed E-state index contributed by atoms with van der Waals surface area (Å²) < 4.78 is 45.0. The molecule has 0 fully saturated rings. The van der Waals surface area contributed by atoms with Crippen LogP contribution in [0.1, 0.15) is 28.9 Å². The maximum absolute atomic E-state index is 14.2. The van der Waals surface area contributed by atoms with Gasteiger partial charge in [-0.25, -0.2) is 22.8 Å². The van der Waals surface area contributed by atoms with Gasteiger partial charge < -0.3 is 5.32 Å². The highest BCUT2D eigenvalue weighted by atomic mass is 35.5. The van der Waals surface area contributed by atoms with Crippen LogP contribution in [-0.2, 0) is 17.9 Å². The summed E-state index contributed by atoms with van der Waals surface area (Å²) >= 11 is 6.13. The molecule has 0 bridgehead atoms. The van der Waals surface area contributed by atoms with Gasteiger partial charge in [0.2, 0.25) is 5.91 Å². The molecule has 1 amide bonds. The van der Waals surface area contributed by atoms with E-state index < -0.39 is 18.1 Å². The third-order valence-electron chi connectivity index (χ3n) is 6.12. The molecule has 0 saturated heterocycles. The molecule has 3 heterocycles. The smallest absolute Gasteiger partial charge is 0.264 e. The molecule has 0 atom stereocenters. The van der Waals surface area contributed by atoms with Gasteiger partial charge in [-0.05, 0) is 32.0 Å². The molecule has 38 heavy (non-hydrogen) atoms. The van der Waals surface area contributed by atoms with Gasteiger partial charge in [0.05, 0.1) is 23.3 Å². The fraction of sp³-hybridized carbons (Fsp3) is 0.185. The van der Waals surface area contributed by atoms with Crippen LogP contribution in [0.25, 0.3) is 22.3 Å². The van der Waals surface area contributed by atoms with Crippen molar-refractivity contribution in [2.45, 2.75) is 33.4 Å². The Kier molecular flexibility index (Phi) is 6.90. The van der Waals surface area contributed by atoms with Crippen LogP contribution in [0.15, 0.2) is 60.7 Å². The van der Waals surface area contributed by atoms with Gasteiger partial charge in [0.15, 0.2) is 11.5 Å². The lowest BCUT2D eigenvalue weighted by atomic mass is 10.1. The number of carbonyl (C=O) groups is 1. The largest absolute Gasteiger partial charge is 0.308 e. The average molecular weight is 539 g/mol. The first kappa shape index (κ1) is 25.5. The molecule has 0 aliphatic rings. The van der Waals surface area contributed by atoms with Gasteiger partial charge in [-0.2, -0.15) is 10.2 Å². The van der Waals surface area contributed by atoms with E-state index >= 15 is 0 Å². The fourth-order valence-corrected chi connectivity index (χ4v) is 4.53. The van der Waals surface area contributed by atoms with Crippen molar-refractivity contribution >= 4 is 34.4 Å². The predicted octanol–water partition coefficient (Wildman–Crippen LogP) is 6.33. The lowest BCUT2D eigenvalue weighted by molar-refractivity contribution is -0.116. The number of nitrogens with zero attached hydrogens (tertiary/aromatic N) is 5. The number of carbonyl (C=O) groups excluding carboxylic acids is 1. The lowest BCUT2D eigenvalue weighted by Gasteiger charge is -2.09. The van der Waals surface area contributed by atoms with Crippen molar-refractivity contribution in [1.29, 1.82) is 0 Å². The van der Waals surface area contributed by atoms with Crippen molar-refractivity contribution in [1.82, 2.24) is 24.5 Å². The monoisotopic (exact) mass is 538 g/mol. The average Bonchev–Trinajstić information content (AvgIpc) is 3.39. The quantitative estimate of drug-likeness (QED) is 0.263. The van der Waals surface area contributed by atoms with Crippen LogP contribution in [0.3, 0.4) is 0 Å². The summed E-state index contributed by atoms with van der Waals surface area (Å²) in [7, 11) is 0. The molecule has 0 aliphatic heterocycles. The molecule has 0 radical (unpaired) electrons. The van der Waals surface area contributed by atoms with Crippen LogP contribution in [0.4, 0.5) is 19.0 Å². The third-order valence-corrected chi connectivity index (χ3v) is 6.48. The zero-order chi connectivity index (χ0) is 27.0. The molecule has 5 aromatic rings. The third kappa shape index (κ3) is 4.99. The van der Waals surface area contributed by atoms with E-state index in [1.165, 1.54) is 27.6 Å². The van der Waals surface area contributed by atoms with Crippen LogP contribution in [0.5, 0.6) is 0 Å². The number of aromatic nitrogens is 5. The van der Waals surface area contributed by atoms with Gasteiger partial charge in [0, 0.05) is 33.5 Å². The fourth-order valence-electron chi connectivity index (χ4n) is 4.31. The van der Waals surface area contributed by atoms with Crippen LogP contribution in [0.2, 0.25) is 5.02 Å². The van der Waals surface area contributed by atoms with Crippen LogP contribution < -0.4 is 5.32 Å². The number of hydrogen-bond acceptors (Lipinski definition) is 4. The predicted molar refractivity (Wildman–Crippen MR) is 139 cm³/mol. The summed E-state index contributed by atoms with van der Waals surface area (Å²) in [5, 5.41) is 11.8. The van der Waals surface area contributed by atoms with Crippen molar-refractivity contribution in [3.05, 3.63) is 94.0 Å². The number of pyridine rings is 1. The Morgan fingerprint density at radius 3 is 2.50 bits per heavy atom. The topological polar surface area (TPSA) is 77.6 Å². The summed E-state index contributed by atoms with van der Waals surface area (Å²) in [6.07, 6.45) is -2.75. The number of amides is 1. The van der Waals surface area contributed by atoms with Gasteiger partial charge >= 0.3 is 0 Å². The molecule has 2 aromatic carbocycles. The number of rotatable bonds is 7. The summed E-state index contributed by atoms with van der Waals surface area (Å²) in [6.45, 7) is 3.18. The molecule has 3 aromatic heterocycles. The first-order valence-electron chi connectivity index (χ1n) is 11.7. The maximum atomic E-state index is 14.2. The zero-order valence-corrected chi connectivity index (χ0v) is 21.2. The molecule has 194 valence electrons. The van der Waals surface area contributed by atoms with Gasteiger partial charge in [-0.1, -0.05) is 48.0 Å². The number of alkyl halides is 2. The van der Waals surface area contributed by atoms with E-state index in [0.29, 0.717) is 22.6 Å². The van der Waals surface area contributed by atoms with Gasteiger partial charge in [0.25, 0.3) is 6.43 Å². The standard InChI is InChI=1S/C27H22ClF3N6O/c1-15-11-23(35-36(15)13-19-20(28)9-6-10-21(19)29)33-24(38)14-37-27-25(16(2)34-37)18(26(30)31)12-22(32-27)17-7-4-3-5-8-17/h3-12,26H,13-14H2,1-2H3,(H,33,35,38). The van der Waals surface area contributed by atoms with E-state index in [1.807, 2.05) is 6.07 Å². The number of anilines is 1. The molecule has 0 aliphatic carbocycles. The van der Waals surface area contributed by atoms with Crippen molar-refractivity contribution < 1.29 is 18.0 Å². The number of fused-ring (bicyclic) bond motifs is 1. The minimum absolute atomic E-state index is 0.0821. The van der Waals surface area contributed by atoms with Crippen LogP contribution in [0, 0.1) is 19.7 Å². The van der Waals surface area contributed by atoms with Gasteiger partial charge in [0.1, 0.15) is 12.4 Å². The second kappa shape index (κ2) is 10.3. The number of aryl methyl sites for hydroxylation is 2. The summed E-state index contributed by atoms with van der Waals surface area (Å²) in [6, 6.07) is 16.4. The zero-order valence-electron chi connectivity index (χ0n) is 20.4. The van der Waals surface area contributed by atoms with Crippen LogP contribution >= 0.6 is 11.6 Å². The highest BCUT2D eigenvalue weighted by Gasteiger charge is 2.22. The summed E-state index contributed by atoms with van der Waals surface area (Å²) in [5.41, 5.74) is 2.32. The molecule has 0 spiro atoms. The number of hydrogen-bond donors (Lipinski definition) is 1. The Morgan fingerprint density at radius 1 is 1.03 bits per heavy atom. The molecule has 0 unspecified atom stereocenters. The molecular formula is C27H22ClF3N6O. The van der Waals surface area contributed by atoms with E-state index in [-0.39, 0.29) is 46.1 Å². The Labute approximate surface area is 220 Å². The molecule has 5 rings (SSSR count). The summed E-state index contributed by atoms with van der Waals surface area (Å²) in [4.78, 5) is 17.5. The van der Waals surface area contributed by atoms with Crippen molar-refractivity contribution in [2.24, 2.45) is 0 Å². The normalized spacial score (nSPS) is 11.4.